The Morgan fingerprint density at radius 1 is 1.12 bits per heavy atom. The van der Waals surface area contributed by atoms with E-state index in [4.69, 9.17) is 0 Å². The van der Waals surface area contributed by atoms with Crippen molar-refractivity contribution in [2.24, 2.45) is 0 Å². The Bertz CT molecular complexity index is 882. The van der Waals surface area contributed by atoms with Crippen molar-refractivity contribution in [1.82, 2.24) is 9.88 Å². The topological polar surface area (TPSA) is 48.1 Å². The third-order valence-corrected chi connectivity index (χ3v) is 4.92. The van der Waals surface area contributed by atoms with E-state index in [1.54, 1.807) is 12.1 Å². The van der Waals surface area contributed by atoms with Gasteiger partial charge in [0.05, 0.1) is 0 Å². The van der Waals surface area contributed by atoms with Gasteiger partial charge in [-0.15, -0.1) is 0 Å². The van der Waals surface area contributed by atoms with Crippen molar-refractivity contribution in [3.63, 3.8) is 0 Å². The number of hydrogen-bond acceptors (Lipinski definition) is 1. The third-order valence-electron chi connectivity index (χ3n) is 4.92. The lowest BCUT2D eigenvalue weighted by Crippen LogP contribution is -2.40. The number of carbonyl (C=O) groups is 1. The molecule has 0 unspecified atom stereocenters. The normalized spacial score (nSPS) is 15.5. The highest BCUT2D eigenvalue weighted by Gasteiger charge is 2.25. The lowest BCUT2D eigenvalue weighted by molar-refractivity contribution is 0.195. The fourth-order valence-electron chi connectivity index (χ4n) is 3.57. The van der Waals surface area contributed by atoms with Gasteiger partial charge in [-0.2, -0.15) is 0 Å². The van der Waals surface area contributed by atoms with Crippen LogP contribution in [0.4, 0.5) is 14.9 Å². The number of nitrogens with zero attached hydrogens (tertiary/aromatic N) is 1. The molecule has 4 rings (SSSR count). The summed E-state index contributed by atoms with van der Waals surface area (Å²) in [5, 5.41) is 3.88. The molecule has 128 valence electrons. The van der Waals surface area contributed by atoms with E-state index < -0.39 is 0 Å². The van der Waals surface area contributed by atoms with Crippen LogP contribution in [-0.4, -0.2) is 29.0 Å². The van der Waals surface area contributed by atoms with Gasteiger partial charge in [0.15, 0.2) is 0 Å². The zero-order valence-corrected chi connectivity index (χ0v) is 13.8. The largest absolute Gasteiger partial charge is 0.361 e. The number of nitrogens with one attached hydrogen (secondary N) is 2. The third kappa shape index (κ3) is 3.22. The fraction of sp³-hybridized carbons (Fsp3) is 0.250. The number of fused-ring (bicyclic) bond motifs is 1. The molecule has 4 nitrogen and oxygen atoms in total. The minimum Gasteiger partial charge on any atom is -0.361 e. The van der Waals surface area contributed by atoms with Crippen molar-refractivity contribution >= 4 is 22.6 Å². The number of amides is 2. The molecule has 2 heterocycles. The van der Waals surface area contributed by atoms with E-state index >= 15 is 0 Å². The van der Waals surface area contributed by atoms with E-state index in [1.165, 1.54) is 6.07 Å². The first-order valence-electron chi connectivity index (χ1n) is 8.58. The van der Waals surface area contributed by atoms with Gasteiger partial charge in [-0.25, -0.2) is 9.18 Å². The fourth-order valence-corrected chi connectivity index (χ4v) is 3.57. The summed E-state index contributed by atoms with van der Waals surface area (Å²) in [6.07, 6.45) is 3.74. The van der Waals surface area contributed by atoms with Crippen molar-refractivity contribution in [2.75, 3.05) is 18.4 Å². The molecule has 0 bridgehead atoms. The predicted molar refractivity (Wildman–Crippen MR) is 97.3 cm³/mol. The van der Waals surface area contributed by atoms with Crippen LogP contribution < -0.4 is 5.32 Å². The van der Waals surface area contributed by atoms with E-state index in [0.717, 1.165) is 35.0 Å². The number of H-pyrrole nitrogens is 1. The van der Waals surface area contributed by atoms with Gasteiger partial charge < -0.3 is 15.2 Å². The second-order valence-electron chi connectivity index (χ2n) is 6.49. The molecule has 1 fully saturated rings. The first kappa shape index (κ1) is 15.7. The second kappa shape index (κ2) is 6.59. The lowest BCUT2D eigenvalue weighted by Gasteiger charge is -2.32. The SMILES string of the molecule is O=C(Nc1ccccc1)N1CCC(c2c[nH]c3ccc(F)cc23)CC1. The summed E-state index contributed by atoms with van der Waals surface area (Å²) in [6.45, 7) is 1.40. The number of halogens is 1. The zero-order chi connectivity index (χ0) is 17.2. The van der Waals surface area contributed by atoms with E-state index in [1.807, 2.05) is 41.4 Å². The lowest BCUT2D eigenvalue weighted by atomic mass is 9.89. The summed E-state index contributed by atoms with van der Waals surface area (Å²) in [4.78, 5) is 17.4. The molecule has 0 spiro atoms. The minimum atomic E-state index is -0.215. The number of hydrogen-bond donors (Lipinski definition) is 2. The first-order valence-corrected chi connectivity index (χ1v) is 8.58. The Balaban J connectivity index is 1.42. The highest BCUT2D eigenvalue weighted by atomic mass is 19.1. The molecule has 0 aliphatic carbocycles. The maximum absolute atomic E-state index is 13.6. The van der Waals surface area contributed by atoms with E-state index in [-0.39, 0.29) is 11.8 Å². The van der Waals surface area contributed by atoms with Crippen molar-refractivity contribution < 1.29 is 9.18 Å². The highest BCUT2D eigenvalue weighted by Crippen LogP contribution is 2.33. The van der Waals surface area contributed by atoms with E-state index in [0.29, 0.717) is 19.0 Å². The maximum atomic E-state index is 13.6. The van der Waals surface area contributed by atoms with Crippen molar-refractivity contribution in [1.29, 1.82) is 0 Å². The summed E-state index contributed by atoms with van der Waals surface area (Å²) < 4.78 is 13.6. The molecule has 2 aromatic carbocycles. The zero-order valence-electron chi connectivity index (χ0n) is 13.8. The number of piperidine rings is 1. The maximum Gasteiger partial charge on any atom is 0.321 e. The molecule has 0 saturated carbocycles. The number of urea groups is 1. The van der Waals surface area contributed by atoms with E-state index in [2.05, 4.69) is 10.3 Å². The number of benzene rings is 2. The summed E-state index contributed by atoms with van der Waals surface area (Å²) >= 11 is 0. The molecule has 5 heteroatoms. The molecule has 1 aromatic heterocycles. The number of aromatic amines is 1. The predicted octanol–water partition coefficient (Wildman–Crippen LogP) is 4.72. The van der Waals surface area contributed by atoms with Gasteiger partial charge in [-0.05, 0) is 54.7 Å². The number of rotatable bonds is 2. The molecule has 2 N–H and O–H groups in total. The van der Waals surface area contributed by atoms with Crippen LogP contribution in [0.3, 0.4) is 0 Å². The Labute approximate surface area is 145 Å². The van der Waals surface area contributed by atoms with Gasteiger partial charge >= 0.3 is 6.03 Å². The molecule has 0 radical (unpaired) electrons. The minimum absolute atomic E-state index is 0.0605. The molecule has 2 amide bonds. The van der Waals surface area contributed by atoms with Crippen LogP contribution in [0.5, 0.6) is 0 Å². The Hall–Kier alpha value is -2.82. The van der Waals surface area contributed by atoms with Gasteiger partial charge in [-0.3, -0.25) is 0 Å². The van der Waals surface area contributed by atoms with Gasteiger partial charge in [0.2, 0.25) is 0 Å². The summed E-state index contributed by atoms with van der Waals surface area (Å²) in [7, 11) is 0. The smallest absolute Gasteiger partial charge is 0.321 e. The molecule has 0 atom stereocenters. The summed E-state index contributed by atoms with van der Waals surface area (Å²) in [5.41, 5.74) is 2.92. The number of aromatic nitrogens is 1. The number of carbonyl (C=O) groups excluding carboxylic acids is 1. The highest BCUT2D eigenvalue weighted by molar-refractivity contribution is 5.89. The Morgan fingerprint density at radius 3 is 2.64 bits per heavy atom. The monoisotopic (exact) mass is 337 g/mol. The molecule has 1 saturated heterocycles. The first-order chi connectivity index (χ1) is 12.2. The van der Waals surface area contributed by atoms with Crippen LogP contribution in [0.2, 0.25) is 0 Å². The van der Waals surface area contributed by atoms with Crippen LogP contribution >= 0.6 is 0 Å². The average Bonchev–Trinajstić information content (AvgIpc) is 3.05. The van der Waals surface area contributed by atoms with Crippen LogP contribution in [-0.2, 0) is 0 Å². The summed E-state index contributed by atoms with van der Waals surface area (Å²) in [6, 6.07) is 14.3. The molecular formula is C20H20FN3O. The van der Waals surface area contributed by atoms with Crippen LogP contribution in [0, 0.1) is 5.82 Å². The van der Waals surface area contributed by atoms with Gasteiger partial charge in [-0.1, -0.05) is 18.2 Å². The van der Waals surface area contributed by atoms with Gasteiger partial charge in [0.25, 0.3) is 0 Å². The van der Waals surface area contributed by atoms with Crippen molar-refractivity contribution in [2.45, 2.75) is 18.8 Å². The average molecular weight is 337 g/mol. The molecule has 1 aliphatic rings. The Morgan fingerprint density at radius 2 is 1.88 bits per heavy atom. The van der Waals surface area contributed by atoms with Gasteiger partial charge in [0, 0.05) is 35.9 Å². The van der Waals surface area contributed by atoms with Crippen molar-refractivity contribution in [3.05, 3.63) is 66.1 Å². The summed E-state index contributed by atoms with van der Waals surface area (Å²) in [5.74, 6) is 0.129. The van der Waals surface area contributed by atoms with Crippen molar-refractivity contribution in [3.8, 4) is 0 Å². The van der Waals surface area contributed by atoms with Crippen LogP contribution in [0.25, 0.3) is 10.9 Å². The molecule has 1 aliphatic heterocycles. The van der Waals surface area contributed by atoms with Crippen LogP contribution in [0.1, 0.15) is 24.3 Å². The number of para-hydroxylation sites is 1. The number of anilines is 1. The molecular weight excluding hydrogens is 317 g/mol. The number of likely N-dealkylation sites (tertiary alicyclic amines) is 1. The Kier molecular flexibility index (Phi) is 4.14. The molecule has 25 heavy (non-hydrogen) atoms. The molecule has 3 aromatic rings. The second-order valence-corrected chi connectivity index (χ2v) is 6.49. The van der Waals surface area contributed by atoms with Gasteiger partial charge in [0.1, 0.15) is 5.82 Å². The van der Waals surface area contributed by atoms with E-state index in [9.17, 15) is 9.18 Å². The standard InChI is InChI=1S/C20H20FN3O/c21-15-6-7-19-17(12-15)18(13-22-19)14-8-10-24(11-9-14)20(25)23-16-4-2-1-3-5-16/h1-7,12-14,22H,8-11H2,(H,23,25). The quantitative estimate of drug-likeness (QED) is 0.698. The van der Waals surface area contributed by atoms with Crippen LogP contribution in [0.15, 0.2) is 54.7 Å².